The van der Waals surface area contributed by atoms with Crippen molar-refractivity contribution in [3.8, 4) is 0 Å². The summed E-state index contributed by atoms with van der Waals surface area (Å²) in [5, 5.41) is 6.22. The van der Waals surface area contributed by atoms with Gasteiger partial charge in [-0.15, -0.1) is 0 Å². The zero-order valence-electron chi connectivity index (χ0n) is 11.3. The Morgan fingerprint density at radius 3 is 2.42 bits per heavy atom. The molecule has 2 aliphatic heterocycles. The molecule has 6 heteroatoms. The Kier molecular flexibility index (Phi) is 3.45. The van der Waals surface area contributed by atoms with Gasteiger partial charge in [0.15, 0.2) is 0 Å². The number of hydrogen-bond acceptors (Lipinski definition) is 4. The molecule has 0 aromatic rings. The van der Waals surface area contributed by atoms with Crippen LogP contribution in [0, 0.1) is 0 Å². The minimum Gasteiger partial charge on any atom is -0.323 e. The molecule has 1 aliphatic carbocycles. The number of nitrogens with zero attached hydrogens (tertiary/aromatic N) is 2. The first-order valence-corrected chi connectivity index (χ1v) is 7.28. The number of carbonyl (C=O) groups excluding carboxylic acids is 2. The number of carbonyl (C=O) groups is 2. The fourth-order valence-electron chi connectivity index (χ4n) is 3.37. The van der Waals surface area contributed by atoms with Crippen LogP contribution >= 0.6 is 0 Å². The predicted molar refractivity (Wildman–Crippen MR) is 70.8 cm³/mol. The van der Waals surface area contributed by atoms with E-state index < -0.39 is 5.54 Å². The molecule has 0 bridgehead atoms. The van der Waals surface area contributed by atoms with Gasteiger partial charge in [-0.3, -0.25) is 14.6 Å². The van der Waals surface area contributed by atoms with E-state index in [9.17, 15) is 9.59 Å². The van der Waals surface area contributed by atoms with Gasteiger partial charge in [-0.05, 0) is 12.8 Å². The molecule has 3 amide bonds. The minimum atomic E-state index is -0.555. The maximum Gasteiger partial charge on any atom is 0.325 e. The second-order valence-corrected chi connectivity index (χ2v) is 5.77. The Bertz CT molecular complexity index is 373. The third-order valence-corrected chi connectivity index (χ3v) is 4.55. The van der Waals surface area contributed by atoms with Gasteiger partial charge in [-0.25, -0.2) is 4.79 Å². The molecule has 3 rings (SSSR count). The van der Waals surface area contributed by atoms with Crippen LogP contribution in [0.5, 0.6) is 0 Å². The Morgan fingerprint density at radius 2 is 1.74 bits per heavy atom. The second kappa shape index (κ2) is 5.09. The molecule has 3 aliphatic rings. The number of nitrogens with one attached hydrogen (secondary N) is 2. The Balaban J connectivity index is 1.58. The fourth-order valence-corrected chi connectivity index (χ4v) is 3.37. The molecule has 2 N–H and O–H groups in total. The zero-order chi connectivity index (χ0) is 13.3. The Hall–Kier alpha value is -1.14. The van der Waals surface area contributed by atoms with Crippen molar-refractivity contribution in [2.24, 2.45) is 0 Å². The summed E-state index contributed by atoms with van der Waals surface area (Å²) in [4.78, 5) is 28.1. The Morgan fingerprint density at radius 1 is 1.05 bits per heavy atom. The van der Waals surface area contributed by atoms with Gasteiger partial charge in [-0.2, -0.15) is 0 Å². The second-order valence-electron chi connectivity index (χ2n) is 5.77. The highest BCUT2D eigenvalue weighted by molar-refractivity contribution is 6.07. The molecule has 0 aromatic heterocycles. The van der Waals surface area contributed by atoms with Crippen molar-refractivity contribution in [1.82, 2.24) is 20.4 Å². The number of imide groups is 1. The molecule has 2 saturated heterocycles. The van der Waals surface area contributed by atoms with E-state index in [1.165, 1.54) is 4.90 Å². The van der Waals surface area contributed by atoms with Crippen LogP contribution in [0.15, 0.2) is 0 Å². The van der Waals surface area contributed by atoms with Crippen molar-refractivity contribution < 1.29 is 9.59 Å². The van der Waals surface area contributed by atoms with E-state index in [1.807, 2.05) is 0 Å². The Labute approximate surface area is 113 Å². The number of piperazine rings is 1. The van der Waals surface area contributed by atoms with E-state index in [4.69, 9.17) is 0 Å². The molecule has 106 valence electrons. The third-order valence-electron chi connectivity index (χ3n) is 4.55. The molecular formula is C13H22N4O2. The van der Waals surface area contributed by atoms with Gasteiger partial charge in [0.2, 0.25) is 0 Å². The summed E-state index contributed by atoms with van der Waals surface area (Å²) in [5.41, 5.74) is -0.555. The van der Waals surface area contributed by atoms with Gasteiger partial charge in [0.05, 0.1) is 0 Å². The van der Waals surface area contributed by atoms with E-state index in [-0.39, 0.29) is 11.9 Å². The predicted octanol–water partition coefficient (Wildman–Crippen LogP) is -0.244. The lowest BCUT2D eigenvalue weighted by molar-refractivity contribution is -0.131. The van der Waals surface area contributed by atoms with Crippen LogP contribution in [-0.4, -0.2) is 66.5 Å². The van der Waals surface area contributed by atoms with Gasteiger partial charge < -0.3 is 10.6 Å². The van der Waals surface area contributed by atoms with Crippen LogP contribution in [0.4, 0.5) is 4.79 Å². The number of hydrogen-bond donors (Lipinski definition) is 2. The average molecular weight is 266 g/mol. The highest BCUT2D eigenvalue weighted by Gasteiger charge is 2.52. The molecule has 3 fully saturated rings. The fraction of sp³-hybridized carbons (Fsp3) is 0.846. The van der Waals surface area contributed by atoms with Gasteiger partial charge >= 0.3 is 6.03 Å². The number of rotatable bonds is 3. The SMILES string of the molecule is O=C1NC2(CCCC2)C(=O)N1CCN1CCNCC1. The first kappa shape index (κ1) is 12.9. The smallest absolute Gasteiger partial charge is 0.323 e. The van der Waals surface area contributed by atoms with Crippen LogP contribution in [0.2, 0.25) is 0 Å². The van der Waals surface area contributed by atoms with Crippen molar-refractivity contribution in [2.75, 3.05) is 39.3 Å². The largest absolute Gasteiger partial charge is 0.325 e. The first-order chi connectivity index (χ1) is 9.21. The van der Waals surface area contributed by atoms with Crippen LogP contribution < -0.4 is 10.6 Å². The minimum absolute atomic E-state index is 0.00475. The monoisotopic (exact) mass is 266 g/mol. The molecule has 0 atom stereocenters. The lowest BCUT2D eigenvalue weighted by atomic mass is 9.98. The van der Waals surface area contributed by atoms with Gasteiger partial charge in [0, 0.05) is 39.3 Å². The standard InChI is InChI=1S/C13H22N4O2/c18-11-13(3-1-2-4-13)15-12(19)17(11)10-9-16-7-5-14-6-8-16/h14H,1-10H2,(H,15,19). The summed E-state index contributed by atoms with van der Waals surface area (Å²) in [7, 11) is 0. The quantitative estimate of drug-likeness (QED) is 0.692. The summed E-state index contributed by atoms with van der Waals surface area (Å²) in [6, 6.07) is -0.193. The zero-order valence-corrected chi connectivity index (χ0v) is 11.3. The lowest BCUT2D eigenvalue weighted by Crippen LogP contribution is -2.48. The summed E-state index contributed by atoms with van der Waals surface area (Å²) in [6.07, 6.45) is 3.69. The molecule has 19 heavy (non-hydrogen) atoms. The van der Waals surface area contributed by atoms with Crippen molar-refractivity contribution in [1.29, 1.82) is 0 Å². The van der Waals surface area contributed by atoms with E-state index in [1.54, 1.807) is 0 Å². The average Bonchev–Trinajstić information content (AvgIpc) is 2.97. The van der Waals surface area contributed by atoms with E-state index >= 15 is 0 Å². The van der Waals surface area contributed by atoms with Crippen LogP contribution in [0.3, 0.4) is 0 Å². The highest BCUT2D eigenvalue weighted by Crippen LogP contribution is 2.34. The molecule has 1 saturated carbocycles. The third kappa shape index (κ3) is 2.34. The molecule has 0 aromatic carbocycles. The van der Waals surface area contributed by atoms with Crippen LogP contribution in [-0.2, 0) is 4.79 Å². The normalized spacial score (nSPS) is 27.3. The van der Waals surface area contributed by atoms with Crippen molar-refractivity contribution in [3.63, 3.8) is 0 Å². The summed E-state index contributed by atoms with van der Waals surface area (Å²) >= 11 is 0. The van der Waals surface area contributed by atoms with E-state index in [2.05, 4.69) is 15.5 Å². The first-order valence-electron chi connectivity index (χ1n) is 7.28. The van der Waals surface area contributed by atoms with Crippen molar-refractivity contribution >= 4 is 11.9 Å². The van der Waals surface area contributed by atoms with Gasteiger partial charge in [0.1, 0.15) is 5.54 Å². The molecular weight excluding hydrogens is 244 g/mol. The van der Waals surface area contributed by atoms with E-state index in [0.717, 1.165) is 58.4 Å². The maximum atomic E-state index is 12.4. The molecule has 2 heterocycles. The van der Waals surface area contributed by atoms with Gasteiger partial charge in [-0.1, -0.05) is 12.8 Å². The summed E-state index contributed by atoms with van der Waals surface area (Å²) in [5.74, 6) is 0.00475. The van der Waals surface area contributed by atoms with Crippen LogP contribution in [0.25, 0.3) is 0 Å². The highest BCUT2D eigenvalue weighted by atomic mass is 16.2. The molecule has 6 nitrogen and oxygen atoms in total. The maximum absolute atomic E-state index is 12.4. The topological polar surface area (TPSA) is 64.7 Å². The van der Waals surface area contributed by atoms with Crippen LogP contribution in [0.1, 0.15) is 25.7 Å². The summed E-state index contributed by atoms with van der Waals surface area (Å²) in [6.45, 7) is 5.28. The summed E-state index contributed by atoms with van der Waals surface area (Å²) < 4.78 is 0. The van der Waals surface area contributed by atoms with Crippen molar-refractivity contribution in [3.05, 3.63) is 0 Å². The molecule has 0 unspecified atom stereocenters. The number of urea groups is 1. The van der Waals surface area contributed by atoms with Crippen molar-refractivity contribution in [2.45, 2.75) is 31.2 Å². The lowest BCUT2D eigenvalue weighted by Gasteiger charge is -2.28. The number of amides is 3. The van der Waals surface area contributed by atoms with Gasteiger partial charge in [0.25, 0.3) is 5.91 Å². The molecule has 1 spiro atoms. The van der Waals surface area contributed by atoms with E-state index in [0.29, 0.717) is 6.54 Å². The molecule has 0 radical (unpaired) electrons.